The van der Waals surface area contributed by atoms with E-state index in [2.05, 4.69) is 22.6 Å². The third-order valence-corrected chi connectivity index (χ3v) is 2.74. The maximum atomic E-state index is 10.9. The number of hydrogen-bond acceptors (Lipinski definition) is 2. The van der Waals surface area contributed by atoms with Crippen LogP contribution in [0.15, 0.2) is 18.2 Å². The molecule has 2 nitrogen and oxygen atoms in total. The molecule has 0 spiro atoms. The number of Topliss-reactive ketones (excluding diaryl/α,β-unsaturated/α-hetero) is 1. The third kappa shape index (κ3) is 3.08. The van der Waals surface area contributed by atoms with E-state index in [0.717, 1.165) is 14.7 Å². The van der Waals surface area contributed by atoms with Crippen LogP contribution < -0.4 is 0 Å². The van der Waals surface area contributed by atoms with E-state index in [1.807, 2.05) is 18.2 Å². The van der Waals surface area contributed by atoms with Crippen molar-refractivity contribution in [1.29, 1.82) is 0 Å². The Balaban J connectivity index is 2.91. The normalized spacial score (nSPS) is 10.1. The summed E-state index contributed by atoms with van der Waals surface area (Å²) in [6.45, 7) is 1.63. The SMILES string of the molecule is CC(=O)Cc1ccc(CO)cc1I. The Morgan fingerprint density at radius 3 is 2.69 bits per heavy atom. The summed E-state index contributed by atoms with van der Waals surface area (Å²) in [7, 11) is 0. The molecule has 70 valence electrons. The highest BCUT2D eigenvalue weighted by molar-refractivity contribution is 14.1. The van der Waals surface area contributed by atoms with Gasteiger partial charge in [-0.2, -0.15) is 0 Å². The fourth-order valence-electron chi connectivity index (χ4n) is 1.10. The Bertz CT molecular complexity index is 321. The van der Waals surface area contributed by atoms with Crippen molar-refractivity contribution in [2.45, 2.75) is 20.0 Å². The lowest BCUT2D eigenvalue weighted by atomic mass is 10.1. The van der Waals surface area contributed by atoms with Gasteiger partial charge in [0.15, 0.2) is 0 Å². The molecule has 0 bridgehead atoms. The van der Waals surface area contributed by atoms with Gasteiger partial charge in [0.25, 0.3) is 0 Å². The number of rotatable bonds is 3. The first-order valence-corrected chi connectivity index (χ1v) is 5.09. The van der Waals surface area contributed by atoms with Gasteiger partial charge >= 0.3 is 0 Å². The summed E-state index contributed by atoms with van der Waals surface area (Å²) < 4.78 is 1.04. The summed E-state index contributed by atoms with van der Waals surface area (Å²) in [5, 5.41) is 8.86. The van der Waals surface area contributed by atoms with E-state index in [0.29, 0.717) is 6.42 Å². The average molecular weight is 290 g/mol. The van der Waals surface area contributed by atoms with Crippen LogP contribution in [0.5, 0.6) is 0 Å². The molecule has 0 aliphatic heterocycles. The Hall–Kier alpha value is -0.420. The van der Waals surface area contributed by atoms with Crippen molar-refractivity contribution in [2.24, 2.45) is 0 Å². The molecule has 1 aromatic carbocycles. The average Bonchev–Trinajstić information content (AvgIpc) is 2.08. The van der Waals surface area contributed by atoms with E-state index >= 15 is 0 Å². The van der Waals surface area contributed by atoms with Crippen LogP contribution in [0, 0.1) is 3.57 Å². The second kappa shape index (κ2) is 4.72. The minimum Gasteiger partial charge on any atom is -0.392 e. The molecule has 0 saturated carbocycles. The molecule has 0 amide bonds. The number of hydrogen-bond donors (Lipinski definition) is 1. The molecule has 0 aromatic heterocycles. The first-order valence-electron chi connectivity index (χ1n) is 4.01. The molecule has 13 heavy (non-hydrogen) atoms. The Morgan fingerprint density at radius 1 is 1.54 bits per heavy atom. The largest absolute Gasteiger partial charge is 0.392 e. The molecule has 0 saturated heterocycles. The highest BCUT2D eigenvalue weighted by Gasteiger charge is 2.03. The molecule has 1 aromatic rings. The summed E-state index contributed by atoms with van der Waals surface area (Å²) >= 11 is 2.18. The van der Waals surface area contributed by atoms with Crippen LogP contribution in [-0.2, 0) is 17.8 Å². The second-order valence-corrected chi connectivity index (χ2v) is 4.12. The van der Waals surface area contributed by atoms with Crippen LogP contribution in [-0.4, -0.2) is 10.9 Å². The number of carbonyl (C=O) groups is 1. The van der Waals surface area contributed by atoms with Crippen molar-refractivity contribution in [3.05, 3.63) is 32.9 Å². The van der Waals surface area contributed by atoms with Gasteiger partial charge in [-0.1, -0.05) is 12.1 Å². The molecule has 0 heterocycles. The molecule has 0 atom stereocenters. The van der Waals surface area contributed by atoms with Crippen molar-refractivity contribution in [3.8, 4) is 0 Å². The van der Waals surface area contributed by atoms with Crippen molar-refractivity contribution in [3.63, 3.8) is 0 Å². The minimum absolute atomic E-state index is 0.0519. The molecule has 0 radical (unpaired) electrons. The fourth-order valence-corrected chi connectivity index (χ4v) is 1.87. The predicted molar refractivity (Wildman–Crippen MR) is 59.5 cm³/mol. The zero-order valence-corrected chi connectivity index (χ0v) is 9.54. The van der Waals surface area contributed by atoms with Crippen molar-refractivity contribution in [2.75, 3.05) is 0 Å². The summed E-state index contributed by atoms with van der Waals surface area (Å²) in [5.74, 6) is 0.162. The fraction of sp³-hybridized carbons (Fsp3) is 0.300. The highest BCUT2D eigenvalue weighted by atomic mass is 127. The number of aliphatic hydroxyl groups is 1. The van der Waals surface area contributed by atoms with Crippen molar-refractivity contribution >= 4 is 28.4 Å². The van der Waals surface area contributed by atoms with Gasteiger partial charge in [-0.15, -0.1) is 0 Å². The van der Waals surface area contributed by atoms with Gasteiger partial charge in [0.1, 0.15) is 5.78 Å². The first-order chi connectivity index (χ1) is 6.13. The number of ketones is 1. The zero-order chi connectivity index (χ0) is 9.84. The van der Waals surface area contributed by atoms with Crippen LogP contribution in [0.3, 0.4) is 0 Å². The quantitative estimate of drug-likeness (QED) is 0.864. The number of aliphatic hydroxyl groups excluding tert-OH is 1. The highest BCUT2D eigenvalue weighted by Crippen LogP contribution is 2.15. The molecule has 1 rings (SSSR count). The van der Waals surface area contributed by atoms with Crippen LogP contribution in [0.4, 0.5) is 0 Å². The summed E-state index contributed by atoms with van der Waals surface area (Å²) in [4.78, 5) is 10.9. The van der Waals surface area contributed by atoms with E-state index in [9.17, 15) is 4.79 Å². The van der Waals surface area contributed by atoms with E-state index in [1.54, 1.807) is 6.92 Å². The molecular weight excluding hydrogens is 279 g/mol. The van der Waals surface area contributed by atoms with Gasteiger partial charge in [0, 0.05) is 9.99 Å². The van der Waals surface area contributed by atoms with Gasteiger partial charge in [0.2, 0.25) is 0 Å². The van der Waals surface area contributed by atoms with E-state index in [1.165, 1.54) is 0 Å². The van der Waals surface area contributed by atoms with Crippen molar-refractivity contribution < 1.29 is 9.90 Å². The third-order valence-electron chi connectivity index (χ3n) is 1.74. The molecular formula is C10H11IO2. The standard InChI is InChI=1S/C10H11IO2/c1-7(13)4-9-3-2-8(6-12)5-10(9)11/h2-3,5,12H,4,6H2,1H3. The van der Waals surface area contributed by atoms with Gasteiger partial charge < -0.3 is 5.11 Å². The molecule has 1 N–H and O–H groups in total. The summed E-state index contributed by atoms with van der Waals surface area (Å²) in [5.41, 5.74) is 1.92. The predicted octanol–water partition coefficient (Wildman–Crippen LogP) is 1.92. The lowest BCUT2D eigenvalue weighted by Gasteiger charge is -2.03. The first kappa shape index (κ1) is 10.7. The molecule has 0 aliphatic carbocycles. The number of carbonyl (C=O) groups excluding carboxylic acids is 1. The van der Waals surface area contributed by atoms with Crippen molar-refractivity contribution in [1.82, 2.24) is 0 Å². The Kier molecular flexibility index (Phi) is 3.87. The van der Waals surface area contributed by atoms with Gasteiger partial charge in [0.05, 0.1) is 6.61 Å². The molecule has 0 unspecified atom stereocenters. The molecule has 0 aliphatic rings. The van der Waals surface area contributed by atoms with Crippen LogP contribution in [0.1, 0.15) is 18.1 Å². The lowest BCUT2D eigenvalue weighted by molar-refractivity contribution is -0.116. The van der Waals surface area contributed by atoms with Gasteiger partial charge in [-0.3, -0.25) is 4.79 Å². The van der Waals surface area contributed by atoms with Gasteiger partial charge in [-0.25, -0.2) is 0 Å². The summed E-state index contributed by atoms with van der Waals surface area (Å²) in [6.07, 6.45) is 0.476. The number of benzene rings is 1. The van der Waals surface area contributed by atoms with E-state index in [4.69, 9.17) is 5.11 Å². The van der Waals surface area contributed by atoms with E-state index in [-0.39, 0.29) is 12.4 Å². The number of halogens is 1. The smallest absolute Gasteiger partial charge is 0.134 e. The van der Waals surface area contributed by atoms with Crippen LogP contribution in [0.25, 0.3) is 0 Å². The topological polar surface area (TPSA) is 37.3 Å². The van der Waals surface area contributed by atoms with Crippen LogP contribution >= 0.6 is 22.6 Å². The van der Waals surface area contributed by atoms with E-state index < -0.39 is 0 Å². The maximum Gasteiger partial charge on any atom is 0.134 e. The second-order valence-electron chi connectivity index (χ2n) is 2.96. The van der Waals surface area contributed by atoms with Gasteiger partial charge in [-0.05, 0) is 46.7 Å². The maximum absolute atomic E-state index is 10.9. The monoisotopic (exact) mass is 290 g/mol. The Morgan fingerprint density at radius 2 is 2.23 bits per heavy atom. The van der Waals surface area contributed by atoms with Crippen LogP contribution in [0.2, 0.25) is 0 Å². The Labute approximate surface area is 91.1 Å². The lowest BCUT2D eigenvalue weighted by Crippen LogP contribution is -1.99. The molecule has 0 fully saturated rings. The minimum atomic E-state index is 0.0519. The molecule has 3 heteroatoms. The zero-order valence-electron chi connectivity index (χ0n) is 7.38. The summed E-state index contributed by atoms with van der Waals surface area (Å²) in [6, 6.07) is 5.65.